The lowest BCUT2D eigenvalue weighted by atomic mass is 9.77. The van der Waals surface area contributed by atoms with E-state index in [-0.39, 0.29) is 17.6 Å². The Hall–Kier alpha value is -4.26. The summed E-state index contributed by atoms with van der Waals surface area (Å²) in [4.78, 5) is 32.6. The van der Waals surface area contributed by atoms with Gasteiger partial charge >= 0.3 is 11.9 Å². The number of aliphatic hydroxyl groups is 8. The number of rotatable bonds is 15. The van der Waals surface area contributed by atoms with Crippen molar-refractivity contribution in [3.8, 4) is 0 Å². The van der Waals surface area contributed by atoms with Crippen LogP contribution >= 0.6 is 0 Å². The van der Waals surface area contributed by atoms with Crippen molar-refractivity contribution in [2.24, 2.45) is 23.7 Å². The second kappa shape index (κ2) is 20.5. The van der Waals surface area contributed by atoms with Gasteiger partial charge in [-0.05, 0) is 37.4 Å². The fourth-order valence-electron chi connectivity index (χ4n) is 9.57. The SMILES string of the molecule is C=C[C@H]1[C@H](O[C@H]2O[C@@H](CO)[C@H](O)[C@@H](O)[C@@H]2O)OC=C(C(=O)OC)[C@H]1CCN1CCc2c([nH]c3ccccc23)[C@@H]1C[C@@H]1C(C(=O)OC)=CO[C@@H](O[C@H]2O[C@@H](CO)[C@H](O)[C@@H](O)[C@@H]2O)[C@@H]1C=C. The molecule has 2 fully saturated rings. The number of aliphatic hydroxyl groups excluding tert-OH is 8. The predicted molar refractivity (Wildman–Crippen MR) is 220 cm³/mol. The van der Waals surface area contributed by atoms with Gasteiger partial charge in [0.05, 0.1) is 57.1 Å². The summed E-state index contributed by atoms with van der Waals surface area (Å²) in [5.41, 5.74) is 3.22. The number of benzene rings is 1. The lowest BCUT2D eigenvalue weighted by Gasteiger charge is -2.45. The van der Waals surface area contributed by atoms with E-state index in [4.69, 9.17) is 37.9 Å². The van der Waals surface area contributed by atoms with E-state index in [0.29, 0.717) is 25.9 Å². The van der Waals surface area contributed by atoms with Gasteiger partial charge in [-0.2, -0.15) is 0 Å². The Morgan fingerprint density at radius 1 is 0.750 bits per heavy atom. The molecule has 9 N–H and O–H groups in total. The summed E-state index contributed by atoms with van der Waals surface area (Å²) in [7, 11) is 2.48. The van der Waals surface area contributed by atoms with Crippen LogP contribution in [0.3, 0.4) is 0 Å². The minimum atomic E-state index is -1.73. The van der Waals surface area contributed by atoms with E-state index in [2.05, 4.69) is 23.0 Å². The van der Waals surface area contributed by atoms with Crippen LogP contribution in [0.15, 0.2) is 73.2 Å². The third kappa shape index (κ3) is 9.12. The maximum Gasteiger partial charge on any atom is 0.337 e. The molecular formula is C44H58N2O18. The predicted octanol–water partition coefficient (Wildman–Crippen LogP) is -0.856. The number of esters is 2. The molecule has 64 heavy (non-hydrogen) atoms. The largest absolute Gasteiger partial charge is 0.471 e. The number of nitrogens with zero attached hydrogens (tertiary/aromatic N) is 1. The van der Waals surface area contributed by atoms with Gasteiger partial charge in [-0.25, -0.2) is 9.59 Å². The van der Waals surface area contributed by atoms with Gasteiger partial charge in [-0.15, -0.1) is 13.2 Å². The quantitative estimate of drug-likeness (QED) is 0.0777. The van der Waals surface area contributed by atoms with Crippen LogP contribution in [-0.4, -0.2) is 177 Å². The summed E-state index contributed by atoms with van der Waals surface area (Å²) < 4.78 is 45.5. The average molecular weight is 903 g/mol. The molecule has 0 amide bonds. The monoisotopic (exact) mass is 902 g/mol. The van der Waals surface area contributed by atoms with Crippen LogP contribution in [-0.2, 0) is 53.9 Å². The molecule has 0 bridgehead atoms. The van der Waals surface area contributed by atoms with Crippen molar-refractivity contribution in [3.05, 3.63) is 84.5 Å². The van der Waals surface area contributed by atoms with Gasteiger partial charge in [-0.3, -0.25) is 4.90 Å². The smallest absolute Gasteiger partial charge is 0.337 e. The molecule has 0 spiro atoms. The molecule has 2 aromatic rings. The maximum absolute atomic E-state index is 13.5. The van der Waals surface area contributed by atoms with Crippen LogP contribution in [0.25, 0.3) is 10.9 Å². The van der Waals surface area contributed by atoms with Gasteiger partial charge in [-0.1, -0.05) is 30.4 Å². The molecule has 0 unspecified atom stereocenters. The van der Waals surface area contributed by atoms with E-state index >= 15 is 0 Å². The highest BCUT2D eigenvalue weighted by molar-refractivity contribution is 5.89. The number of ether oxygens (including phenoxy) is 8. The molecule has 6 heterocycles. The molecule has 17 atom stereocenters. The van der Waals surface area contributed by atoms with Gasteiger partial charge in [0, 0.05) is 46.8 Å². The number of para-hydroxylation sites is 1. The molecule has 7 rings (SSSR count). The molecule has 352 valence electrons. The van der Waals surface area contributed by atoms with Crippen molar-refractivity contribution in [3.63, 3.8) is 0 Å². The highest BCUT2D eigenvalue weighted by atomic mass is 16.8. The van der Waals surface area contributed by atoms with Gasteiger partial charge in [0.25, 0.3) is 0 Å². The lowest BCUT2D eigenvalue weighted by Crippen LogP contribution is -2.60. The van der Waals surface area contributed by atoms with E-state index in [1.54, 1.807) is 12.2 Å². The fourth-order valence-corrected chi connectivity index (χ4v) is 9.57. The second-order valence-corrected chi connectivity index (χ2v) is 16.5. The summed E-state index contributed by atoms with van der Waals surface area (Å²) >= 11 is 0. The summed E-state index contributed by atoms with van der Waals surface area (Å²) in [6, 6.07) is 7.44. The Kier molecular flexibility index (Phi) is 15.3. The molecule has 1 aromatic heterocycles. The van der Waals surface area contributed by atoms with Gasteiger partial charge < -0.3 is 83.7 Å². The van der Waals surface area contributed by atoms with E-state index < -0.39 is 129 Å². The molecule has 0 saturated carbocycles. The van der Waals surface area contributed by atoms with Gasteiger partial charge in [0.1, 0.15) is 48.8 Å². The van der Waals surface area contributed by atoms with Gasteiger partial charge in [0.2, 0.25) is 12.6 Å². The van der Waals surface area contributed by atoms with Crippen molar-refractivity contribution < 1.29 is 88.3 Å². The topological polar surface area (TPSA) is 289 Å². The fraction of sp³-hybridized carbons (Fsp3) is 0.591. The molecule has 5 aliphatic rings. The van der Waals surface area contributed by atoms with Crippen LogP contribution < -0.4 is 0 Å². The van der Waals surface area contributed by atoms with Crippen LogP contribution in [0.2, 0.25) is 0 Å². The average Bonchev–Trinajstić information content (AvgIpc) is 3.70. The minimum Gasteiger partial charge on any atom is -0.471 e. The number of aromatic nitrogens is 1. The first-order valence-electron chi connectivity index (χ1n) is 21.2. The minimum absolute atomic E-state index is 0.171. The van der Waals surface area contributed by atoms with Gasteiger partial charge in [0.15, 0.2) is 12.6 Å². The first-order valence-corrected chi connectivity index (χ1v) is 21.2. The van der Waals surface area contributed by atoms with Crippen molar-refractivity contribution in [1.29, 1.82) is 0 Å². The summed E-state index contributed by atoms with van der Waals surface area (Å²) in [6.45, 7) is 7.58. The number of methoxy groups -OCH3 is 2. The Labute approximate surface area is 368 Å². The van der Waals surface area contributed by atoms with E-state index in [1.165, 1.54) is 26.7 Å². The highest BCUT2D eigenvalue weighted by Gasteiger charge is 2.50. The molecular weight excluding hydrogens is 844 g/mol. The summed E-state index contributed by atoms with van der Waals surface area (Å²) in [5.74, 6) is -4.23. The Morgan fingerprint density at radius 3 is 1.78 bits per heavy atom. The van der Waals surface area contributed by atoms with E-state index in [9.17, 15) is 50.4 Å². The van der Waals surface area contributed by atoms with Crippen molar-refractivity contribution >= 4 is 22.8 Å². The third-order valence-electron chi connectivity index (χ3n) is 13.1. The zero-order chi connectivity index (χ0) is 46.0. The van der Waals surface area contributed by atoms with Crippen molar-refractivity contribution in [1.82, 2.24) is 9.88 Å². The molecule has 0 aliphatic carbocycles. The van der Waals surface area contributed by atoms with Crippen molar-refractivity contribution in [2.45, 2.75) is 99.3 Å². The van der Waals surface area contributed by atoms with Crippen LogP contribution in [0, 0.1) is 23.7 Å². The van der Waals surface area contributed by atoms with E-state index in [1.807, 2.05) is 24.3 Å². The standard InChI is InChI=1S/C44H58N2O18/c1-5-20-22(26(39(55)57-3)18-59-41(20)63-43-37(53)35(51)33(49)30(16-47)61-43)11-13-46-14-12-24-23-9-7-8-10-28(23)45-32(24)29(46)15-25-21(6-2)42(60-19-27(25)40(56)58-4)64-44-38(54)36(52)34(50)31(17-48)62-44/h5-10,18-22,25,29-31,33-38,41-45,47-54H,1-2,11-17H2,3-4H3/t20-,21-,22+,25+,29+,30+,31+,33+,34+,35-,36-,37+,38+,41+,42+,43-,44-/m1/s1. The first kappa shape index (κ1) is 47.7. The number of carbonyl (C=O) groups excluding carboxylic acids is 2. The van der Waals surface area contributed by atoms with E-state index in [0.717, 1.165) is 22.2 Å². The molecule has 2 saturated heterocycles. The molecule has 1 aromatic carbocycles. The molecule has 5 aliphatic heterocycles. The Bertz CT molecular complexity index is 2040. The number of nitrogens with one attached hydrogen (secondary N) is 1. The lowest BCUT2D eigenvalue weighted by molar-refractivity contribution is -0.339. The zero-order valence-corrected chi connectivity index (χ0v) is 35.4. The number of aromatic amines is 1. The Morgan fingerprint density at radius 2 is 1.27 bits per heavy atom. The number of H-pyrrole nitrogens is 1. The zero-order valence-electron chi connectivity index (χ0n) is 35.4. The van der Waals surface area contributed by atoms with Crippen LogP contribution in [0.4, 0.5) is 0 Å². The number of hydrogen-bond acceptors (Lipinski definition) is 19. The first-order chi connectivity index (χ1) is 30.8. The third-order valence-corrected chi connectivity index (χ3v) is 13.1. The molecule has 0 radical (unpaired) electrons. The summed E-state index contributed by atoms with van der Waals surface area (Å²) in [5, 5.41) is 83.8. The molecule has 20 heteroatoms. The number of carbonyl (C=O) groups is 2. The maximum atomic E-state index is 13.5. The Balaban J connectivity index is 1.19. The van der Waals surface area contributed by atoms with Crippen molar-refractivity contribution in [2.75, 3.05) is 40.5 Å². The van der Waals surface area contributed by atoms with Crippen LogP contribution in [0.1, 0.15) is 30.1 Å². The van der Waals surface area contributed by atoms with Crippen LogP contribution in [0.5, 0.6) is 0 Å². The highest BCUT2D eigenvalue weighted by Crippen LogP contribution is 2.46. The second-order valence-electron chi connectivity index (χ2n) is 16.5. The summed E-state index contributed by atoms with van der Waals surface area (Å²) in [6.07, 6.45) is -11.4. The number of fused-ring (bicyclic) bond motifs is 3. The normalized spacial score (nSPS) is 37.9. The molecule has 20 nitrogen and oxygen atoms in total. The number of hydrogen-bond donors (Lipinski definition) is 9.